The first-order valence-electron chi connectivity index (χ1n) is 7.58. The van der Waals surface area contributed by atoms with Gasteiger partial charge in [-0.25, -0.2) is 4.79 Å². The molecule has 2 fully saturated rings. The first-order valence-corrected chi connectivity index (χ1v) is 8.45. The lowest BCUT2D eigenvalue weighted by atomic mass is 9.95. The van der Waals surface area contributed by atoms with Gasteiger partial charge in [-0.15, -0.1) is 11.8 Å². The molecule has 30 heavy (non-hydrogen) atoms. The number of thioether (sulfide) groups is 1. The lowest BCUT2D eigenvalue weighted by Gasteiger charge is -2.43. The van der Waals surface area contributed by atoms with Crippen LogP contribution >= 0.6 is 11.8 Å². The predicted octanol–water partition coefficient (Wildman–Crippen LogP) is -4.63. The van der Waals surface area contributed by atoms with Gasteiger partial charge >= 0.3 is 5.97 Å². The molecular formula is C16H31N3O10S. The maximum absolute atomic E-state index is 12.3. The number of carbonyl (C=O) groups excluding carboxylic acids is 2. The summed E-state index contributed by atoms with van der Waals surface area (Å²) in [5.74, 6) is -1.86. The van der Waals surface area contributed by atoms with Crippen LogP contribution in [-0.4, -0.2) is 82.9 Å². The minimum Gasteiger partial charge on any atom is -0.480 e. The Labute approximate surface area is 176 Å². The lowest BCUT2D eigenvalue weighted by molar-refractivity contribution is -0.161. The number of carbonyl (C=O) groups is 3. The van der Waals surface area contributed by atoms with E-state index in [4.69, 9.17) is 5.73 Å². The largest absolute Gasteiger partial charge is 0.480 e. The molecule has 1 aromatic rings. The number of amides is 2. The molecule has 1 unspecified atom stereocenters. The molecule has 14 heteroatoms. The van der Waals surface area contributed by atoms with Gasteiger partial charge in [0.1, 0.15) is 23.5 Å². The van der Waals surface area contributed by atoms with Crippen molar-refractivity contribution < 1.29 is 52.3 Å². The molecule has 2 aliphatic rings. The summed E-state index contributed by atoms with van der Waals surface area (Å²) < 4.78 is -0.618. The average Bonchev–Trinajstić information content (AvgIpc) is 2.80. The highest BCUT2D eigenvalue weighted by Crippen LogP contribution is 2.50. The molecule has 0 aliphatic carbocycles. The van der Waals surface area contributed by atoms with Crippen molar-refractivity contribution in [1.29, 1.82) is 0 Å². The molecule has 2 amide bonds. The highest BCUT2D eigenvalue weighted by atomic mass is 32.2. The van der Waals surface area contributed by atoms with Crippen molar-refractivity contribution in [3.63, 3.8) is 0 Å². The highest BCUT2D eigenvalue weighted by molar-refractivity contribution is 8.01. The molecule has 2 saturated heterocycles. The van der Waals surface area contributed by atoms with Crippen molar-refractivity contribution >= 4 is 29.5 Å². The third kappa shape index (κ3) is 5.65. The number of β-lactam (4-membered cyclic amide) rings is 1. The number of carboxylic acid groups (broad SMARTS) is 1. The van der Waals surface area contributed by atoms with E-state index >= 15 is 0 Å². The van der Waals surface area contributed by atoms with E-state index in [0.29, 0.717) is 5.56 Å². The van der Waals surface area contributed by atoms with E-state index in [2.05, 4.69) is 5.32 Å². The van der Waals surface area contributed by atoms with Crippen LogP contribution in [-0.2, 0) is 14.4 Å². The number of hydrogen-bond acceptors (Lipinski definition) is 5. The van der Waals surface area contributed by atoms with Crippen LogP contribution in [0.5, 0.6) is 0 Å². The van der Waals surface area contributed by atoms with Crippen LogP contribution in [0.2, 0.25) is 0 Å². The molecule has 2 aliphatic heterocycles. The van der Waals surface area contributed by atoms with Gasteiger partial charge in [0, 0.05) is 4.75 Å². The Hall–Kier alpha value is -2.30. The molecule has 176 valence electrons. The second-order valence-corrected chi connectivity index (χ2v) is 8.24. The first kappa shape index (κ1) is 35.2. The van der Waals surface area contributed by atoms with Gasteiger partial charge < -0.3 is 53.9 Å². The molecule has 2 heterocycles. The topological polar surface area (TPSA) is 302 Å². The van der Waals surface area contributed by atoms with Crippen molar-refractivity contribution in [1.82, 2.24) is 10.2 Å². The zero-order valence-corrected chi connectivity index (χ0v) is 17.1. The Morgan fingerprint density at radius 2 is 1.60 bits per heavy atom. The van der Waals surface area contributed by atoms with Gasteiger partial charge in [-0.2, -0.15) is 0 Å². The quantitative estimate of drug-likeness (QED) is 0.373. The molecule has 1 aromatic carbocycles. The smallest absolute Gasteiger partial charge is 0.327 e. The van der Waals surface area contributed by atoms with Gasteiger partial charge in [0.15, 0.2) is 0 Å². The molecule has 16 N–H and O–H groups in total. The fourth-order valence-electron chi connectivity index (χ4n) is 3.20. The van der Waals surface area contributed by atoms with E-state index in [1.807, 2.05) is 6.07 Å². The number of fused-ring (bicyclic) bond motifs is 1. The fourth-order valence-corrected chi connectivity index (χ4v) is 4.83. The Bertz CT molecular complexity index is 706. The highest BCUT2D eigenvalue weighted by Gasteiger charge is 2.64. The summed E-state index contributed by atoms with van der Waals surface area (Å²) in [6.07, 6.45) is 0. The first-order chi connectivity index (χ1) is 11.2. The summed E-state index contributed by atoms with van der Waals surface area (Å²) in [5, 5.41) is 11.7. The van der Waals surface area contributed by atoms with E-state index in [9.17, 15) is 19.5 Å². The van der Waals surface area contributed by atoms with Crippen LogP contribution in [0.25, 0.3) is 0 Å². The lowest BCUT2D eigenvalue weighted by Crippen LogP contribution is -2.71. The minimum absolute atomic E-state index is 0. The summed E-state index contributed by atoms with van der Waals surface area (Å²) in [6.45, 7) is 3.58. The monoisotopic (exact) mass is 457 g/mol. The van der Waals surface area contributed by atoms with E-state index in [0.717, 1.165) is 0 Å². The Morgan fingerprint density at radius 3 is 2.07 bits per heavy atom. The summed E-state index contributed by atoms with van der Waals surface area (Å²) in [4.78, 5) is 37.5. The number of carboxylic acids is 1. The maximum atomic E-state index is 12.3. The molecule has 13 nitrogen and oxygen atoms in total. The van der Waals surface area contributed by atoms with Gasteiger partial charge in [0.05, 0.1) is 0 Å². The standard InChI is InChI=1S/C16H19N3O4S.6H2O/c1-16(2)11(15(22)23)19-13(21)10(14(19)24-16)18-12(20)9(17)8-6-4-3-5-7-8;;;;;;/h3-7,9-11,14H,17H2,1-2H3,(H,18,20)(H,22,23);6*1H2/t9?,10-,11+,14-;;;;;;/m1....../s1. The maximum Gasteiger partial charge on any atom is 0.327 e. The number of benzene rings is 1. The molecule has 4 atom stereocenters. The average molecular weight is 458 g/mol. The molecule has 0 radical (unpaired) electrons. The number of rotatable bonds is 4. The summed E-state index contributed by atoms with van der Waals surface area (Å²) in [6, 6.07) is 6.38. The number of hydrogen-bond donors (Lipinski definition) is 3. The van der Waals surface area contributed by atoms with Crippen molar-refractivity contribution in [2.24, 2.45) is 5.73 Å². The summed E-state index contributed by atoms with van der Waals surface area (Å²) in [5.41, 5.74) is 6.59. The van der Waals surface area contributed by atoms with Crippen LogP contribution in [0, 0.1) is 0 Å². The number of nitrogens with zero attached hydrogens (tertiary/aromatic N) is 1. The third-order valence-electron chi connectivity index (χ3n) is 4.41. The zero-order valence-electron chi connectivity index (χ0n) is 16.3. The van der Waals surface area contributed by atoms with Crippen molar-refractivity contribution in [2.75, 3.05) is 0 Å². The summed E-state index contributed by atoms with van der Waals surface area (Å²) >= 11 is 1.38. The number of aliphatic carboxylic acids is 1. The van der Waals surface area contributed by atoms with Crippen LogP contribution < -0.4 is 11.1 Å². The molecule has 0 bridgehead atoms. The van der Waals surface area contributed by atoms with Crippen molar-refractivity contribution in [3.8, 4) is 0 Å². The zero-order chi connectivity index (χ0) is 17.6. The minimum atomic E-state index is -1.03. The van der Waals surface area contributed by atoms with Crippen LogP contribution in [0.3, 0.4) is 0 Å². The van der Waals surface area contributed by atoms with E-state index in [1.165, 1.54) is 16.7 Å². The Kier molecular flexibility index (Phi) is 14.5. The molecule has 0 saturated carbocycles. The Balaban J connectivity index is -0.000000563. The fraction of sp³-hybridized carbons (Fsp3) is 0.438. The van der Waals surface area contributed by atoms with Gasteiger partial charge in [0.25, 0.3) is 0 Å². The predicted molar refractivity (Wildman–Crippen MR) is 111 cm³/mol. The number of nitrogens with one attached hydrogen (secondary N) is 1. The van der Waals surface area contributed by atoms with Crippen LogP contribution in [0.4, 0.5) is 0 Å². The van der Waals surface area contributed by atoms with Gasteiger partial charge in [-0.05, 0) is 19.4 Å². The molecule has 3 rings (SSSR count). The molecule has 0 aromatic heterocycles. The van der Waals surface area contributed by atoms with E-state index in [-0.39, 0.29) is 44.1 Å². The van der Waals surface area contributed by atoms with Crippen LogP contribution in [0.1, 0.15) is 25.5 Å². The van der Waals surface area contributed by atoms with Crippen molar-refractivity contribution in [2.45, 2.75) is 42.1 Å². The second-order valence-electron chi connectivity index (χ2n) is 6.47. The SMILES string of the molecule is CC1(C)S[C@@H]2[C@H](NC(=O)C(N)c3ccccc3)C(=O)N2[C@H]1C(=O)O.O.O.O.O.O.O. The van der Waals surface area contributed by atoms with E-state index < -0.39 is 34.7 Å². The van der Waals surface area contributed by atoms with Gasteiger partial charge in [-0.1, -0.05) is 30.3 Å². The molecular weight excluding hydrogens is 426 g/mol. The Morgan fingerprint density at radius 1 is 1.10 bits per heavy atom. The number of nitrogens with two attached hydrogens (primary N) is 1. The van der Waals surface area contributed by atoms with Gasteiger partial charge in [0.2, 0.25) is 11.8 Å². The second kappa shape index (κ2) is 12.4. The molecule has 0 spiro atoms. The van der Waals surface area contributed by atoms with E-state index in [1.54, 1.807) is 38.1 Å². The van der Waals surface area contributed by atoms with Gasteiger partial charge in [-0.3, -0.25) is 9.59 Å². The third-order valence-corrected chi connectivity index (χ3v) is 5.99. The van der Waals surface area contributed by atoms with Crippen LogP contribution in [0.15, 0.2) is 30.3 Å². The van der Waals surface area contributed by atoms with Crippen molar-refractivity contribution in [3.05, 3.63) is 35.9 Å². The normalized spacial score (nSPS) is 23.0. The summed E-state index contributed by atoms with van der Waals surface area (Å²) in [7, 11) is 0.